The molecule has 0 spiro atoms. The number of rotatable bonds is 4. The minimum atomic E-state index is 0.633. The van der Waals surface area contributed by atoms with Crippen molar-refractivity contribution in [2.75, 3.05) is 5.88 Å². The first-order valence-electron chi connectivity index (χ1n) is 5.15. The smallest absolute Gasteiger partial charge is 0.0436 e. The van der Waals surface area contributed by atoms with Crippen LogP contribution < -0.4 is 0 Å². The third kappa shape index (κ3) is 2.88. The van der Waals surface area contributed by atoms with Crippen LogP contribution >= 0.6 is 11.6 Å². The van der Waals surface area contributed by atoms with E-state index in [0.717, 1.165) is 12.8 Å². The molecule has 76 valence electrons. The standard InChI is InChI=1S/C13H17Cl/c1-3-11(10-14)9-13-8-6-5-7-12(13)4-2/h5-9H,3-4,10H2,1-2H3. The van der Waals surface area contributed by atoms with Crippen molar-refractivity contribution >= 4 is 17.7 Å². The number of hydrogen-bond acceptors (Lipinski definition) is 0. The molecule has 0 saturated heterocycles. The molecule has 0 nitrogen and oxygen atoms in total. The van der Waals surface area contributed by atoms with Crippen molar-refractivity contribution in [1.29, 1.82) is 0 Å². The Kier molecular flexibility index (Phi) is 4.75. The van der Waals surface area contributed by atoms with Gasteiger partial charge in [-0.3, -0.25) is 0 Å². The van der Waals surface area contributed by atoms with Crippen molar-refractivity contribution in [2.24, 2.45) is 0 Å². The first-order valence-corrected chi connectivity index (χ1v) is 5.68. The van der Waals surface area contributed by atoms with Crippen LogP contribution in [0.1, 0.15) is 31.4 Å². The minimum absolute atomic E-state index is 0.633. The Balaban J connectivity index is 3.00. The molecule has 0 aliphatic rings. The second-order valence-electron chi connectivity index (χ2n) is 3.34. The summed E-state index contributed by atoms with van der Waals surface area (Å²) in [6.07, 6.45) is 4.32. The maximum Gasteiger partial charge on any atom is 0.0436 e. The molecule has 0 amide bonds. The van der Waals surface area contributed by atoms with Crippen LogP contribution in [0.25, 0.3) is 6.08 Å². The van der Waals surface area contributed by atoms with Crippen LogP contribution in [-0.4, -0.2) is 5.88 Å². The second-order valence-corrected chi connectivity index (χ2v) is 3.61. The van der Waals surface area contributed by atoms with E-state index < -0.39 is 0 Å². The minimum Gasteiger partial charge on any atom is -0.122 e. The quantitative estimate of drug-likeness (QED) is 0.648. The highest BCUT2D eigenvalue weighted by Crippen LogP contribution is 2.15. The van der Waals surface area contributed by atoms with E-state index >= 15 is 0 Å². The molecule has 1 rings (SSSR count). The van der Waals surface area contributed by atoms with Gasteiger partial charge < -0.3 is 0 Å². The van der Waals surface area contributed by atoms with Gasteiger partial charge >= 0.3 is 0 Å². The zero-order valence-electron chi connectivity index (χ0n) is 8.89. The lowest BCUT2D eigenvalue weighted by Crippen LogP contribution is -1.88. The summed E-state index contributed by atoms with van der Waals surface area (Å²) in [5, 5.41) is 0. The van der Waals surface area contributed by atoms with E-state index in [4.69, 9.17) is 11.6 Å². The van der Waals surface area contributed by atoms with Gasteiger partial charge in [0.05, 0.1) is 0 Å². The van der Waals surface area contributed by atoms with Crippen molar-refractivity contribution in [2.45, 2.75) is 26.7 Å². The van der Waals surface area contributed by atoms with Gasteiger partial charge in [0.15, 0.2) is 0 Å². The van der Waals surface area contributed by atoms with E-state index in [1.807, 2.05) is 0 Å². The summed E-state index contributed by atoms with van der Waals surface area (Å²) in [4.78, 5) is 0. The van der Waals surface area contributed by atoms with E-state index in [9.17, 15) is 0 Å². The van der Waals surface area contributed by atoms with Crippen molar-refractivity contribution in [3.8, 4) is 0 Å². The van der Waals surface area contributed by atoms with Crippen LogP contribution in [0.15, 0.2) is 29.8 Å². The van der Waals surface area contributed by atoms with Crippen LogP contribution in [0.5, 0.6) is 0 Å². The summed E-state index contributed by atoms with van der Waals surface area (Å²) >= 11 is 5.84. The molecule has 0 saturated carbocycles. The fraction of sp³-hybridized carbons (Fsp3) is 0.385. The molecule has 14 heavy (non-hydrogen) atoms. The van der Waals surface area contributed by atoms with Crippen molar-refractivity contribution in [3.05, 3.63) is 41.0 Å². The average molecular weight is 209 g/mol. The Morgan fingerprint density at radius 1 is 1.29 bits per heavy atom. The number of alkyl halides is 1. The highest BCUT2D eigenvalue weighted by molar-refractivity contribution is 6.19. The molecule has 0 N–H and O–H groups in total. The zero-order valence-corrected chi connectivity index (χ0v) is 9.64. The largest absolute Gasteiger partial charge is 0.122 e. The predicted molar refractivity (Wildman–Crippen MR) is 64.8 cm³/mol. The van der Waals surface area contributed by atoms with Gasteiger partial charge in [0.25, 0.3) is 0 Å². The van der Waals surface area contributed by atoms with E-state index in [0.29, 0.717) is 5.88 Å². The van der Waals surface area contributed by atoms with E-state index in [1.165, 1.54) is 16.7 Å². The van der Waals surface area contributed by atoms with Crippen molar-refractivity contribution in [1.82, 2.24) is 0 Å². The van der Waals surface area contributed by atoms with Crippen LogP contribution in [-0.2, 0) is 6.42 Å². The molecule has 0 aromatic heterocycles. The summed E-state index contributed by atoms with van der Waals surface area (Å²) in [5.41, 5.74) is 4.00. The van der Waals surface area contributed by atoms with Crippen molar-refractivity contribution < 1.29 is 0 Å². The molecule has 0 heterocycles. The number of benzene rings is 1. The maximum atomic E-state index is 5.84. The van der Waals surface area contributed by atoms with Gasteiger partial charge in [-0.2, -0.15) is 0 Å². The second kappa shape index (κ2) is 5.87. The lowest BCUT2D eigenvalue weighted by atomic mass is 10.0. The topological polar surface area (TPSA) is 0 Å². The summed E-state index contributed by atoms with van der Waals surface area (Å²) < 4.78 is 0. The SMILES string of the molecule is CCC(=Cc1ccccc1CC)CCl. The van der Waals surface area contributed by atoms with Gasteiger partial charge in [0.1, 0.15) is 0 Å². The van der Waals surface area contributed by atoms with Crippen LogP contribution in [0, 0.1) is 0 Å². The highest BCUT2D eigenvalue weighted by atomic mass is 35.5. The number of hydrogen-bond donors (Lipinski definition) is 0. The molecular weight excluding hydrogens is 192 g/mol. The number of allylic oxidation sites excluding steroid dienone is 1. The lowest BCUT2D eigenvalue weighted by molar-refractivity contribution is 1.10. The molecule has 0 bridgehead atoms. The third-order valence-electron chi connectivity index (χ3n) is 2.42. The predicted octanol–water partition coefficient (Wildman–Crippen LogP) is 4.28. The van der Waals surface area contributed by atoms with Gasteiger partial charge in [-0.05, 0) is 24.0 Å². The molecule has 0 atom stereocenters. The molecule has 1 aromatic rings. The fourth-order valence-corrected chi connectivity index (χ4v) is 1.72. The number of halogens is 1. The number of aryl methyl sites for hydroxylation is 1. The van der Waals surface area contributed by atoms with Gasteiger partial charge in [-0.1, -0.05) is 49.8 Å². The monoisotopic (exact) mass is 208 g/mol. The normalized spacial score (nSPS) is 11.8. The molecule has 0 radical (unpaired) electrons. The summed E-state index contributed by atoms with van der Waals surface area (Å²) in [6.45, 7) is 4.32. The zero-order chi connectivity index (χ0) is 10.4. The molecule has 0 aliphatic heterocycles. The van der Waals surface area contributed by atoms with Gasteiger partial charge in [-0.15, -0.1) is 11.6 Å². The Morgan fingerprint density at radius 2 is 2.00 bits per heavy atom. The summed E-state index contributed by atoms with van der Waals surface area (Å²) in [6, 6.07) is 8.49. The van der Waals surface area contributed by atoms with Crippen LogP contribution in [0.4, 0.5) is 0 Å². The van der Waals surface area contributed by atoms with Crippen LogP contribution in [0.2, 0.25) is 0 Å². The first-order chi connectivity index (χ1) is 6.81. The molecule has 0 aliphatic carbocycles. The van der Waals surface area contributed by atoms with Crippen molar-refractivity contribution in [3.63, 3.8) is 0 Å². The molecular formula is C13H17Cl. The third-order valence-corrected chi connectivity index (χ3v) is 2.76. The molecule has 1 heteroatoms. The van der Waals surface area contributed by atoms with Gasteiger partial charge in [-0.25, -0.2) is 0 Å². The fourth-order valence-electron chi connectivity index (χ4n) is 1.45. The average Bonchev–Trinajstić information content (AvgIpc) is 2.26. The molecule has 0 unspecified atom stereocenters. The molecule has 0 fully saturated rings. The van der Waals surface area contributed by atoms with Crippen LogP contribution in [0.3, 0.4) is 0 Å². The summed E-state index contributed by atoms with van der Waals surface area (Å²) in [7, 11) is 0. The van der Waals surface area contributed by atoms with E-state index in [-0.39, 0.29) is 0 Å². The molecule has 1 aromatic carbocycles. The maximum absolute atomic E-state index is 5.84. The van der Waals surface area contributed by atoms with E-state index in [2.05, 4.69) is 44.2 Å². The first kappa shape index (κ1) is 11.3. The van der Waals surface area contributed by atoms with Gasteiger partial charge in [0, 0.05) is 5.88 Å². The Bertz CT molecular complexity index is 307. The Hall–Kier alpha value is -0.750. The Morgan fingerprint density at radius 3 is 2.57 bits per heavy atom. The Labute approximate surface area is 91.6 Å². The highest BCUT2D eigenvalue weighted by Gasteiger charge is 1.98. The van der Waals surface area contributed by atoms with E-state index in [1.54, 1.807) is 0 Å². The van der Waals surface area contributed by atoms with Gasteiger partial charge in [0.2, 0.25) is 0 Å². The summed E-state index contributed by atoms with van der Waals surface area (Å²) in [5.74, 6) is 0.633. The lowest BCUT2D eigenvalue weighted by Gasteiger charge is -2.04.